The number of benzene rings is 2. The van der Waals surface area contributed by atoms with E-state index < -0.39 is 6.10 Å². The predicted molar refractivity (Wildman–Crippen MR) is 121 cm³/mol. The van der Waals surface area contributed by atoms with Crippen molar-refractivity contribution in [1.29, 1.82) is 0 Å². The van der Waals surface area contributed by atoms with Gasteiger partial charge in [0.25, 0.3) is 0 Å². The number of ether oxygens (including phenoxy) is 1. The highest BCUT2D eigenvalue weighted by atomic mass is 32.1. The zero-order valence-electron chi connectivity index (χ0n) is 17.0. The molecule has 1 aromatic heterocycles. The number of fused-ring (bicyclic) bond motifs is 1. The maximum absolute atomic E-state index is 10.6. The highest BCUT2D eigenvalue weighted by molar-refractivity contribution is 7.19. The van der Waals surface area contributed by atoms with Crippen LogP contribution in [-0.4, -0.2) is 31.3 Å². The Morgan fingerprint density at radius 3 is 2.62 bits per heavy atom. The second kappa shape index (κ2) is 11.0. The molecule has 3 aromatic rings. The quantitative estimate of drug-likeness (QED) is 0.280. The molecule has 0 amide bonds. The van der Waals surface area contributed by atoms with Crippen molar-refractivity contribution in [2.75, 3.05) is 20.2 Å². The Hall–Kier alpha value is -2.41. The minimum atomic E-state index is -0.583. The van der Waals surface area contributed by atoms with E-state index in [1.807, 2.05) is 24.3 Å². The molecule has 154 valence electrons. The van der Waals surface area contributed by atoms with Crippen LogP contribution in [0, 0.1) is 0 Å². The number of hydrogen-bond donors (Lipinski definition) is 3. The van der Waals surface area contributed by atoms with Gasteiger partial charge in [-0.1, -0.05) is 49.4 Å². The Labute approximate surface area is 176 Å². The molecule has 0 saturated carbocycles. The van der Waals surface area contributed by atoms with Crippen molar-refractivity contribution in [2.24, 2.45) is 4.99 Å². The predicted octanol–water partition coefficient (Wildman–Crippen LogP) is 4.23. The minimum absolute atomic E-state index is 0.397. The molecule has 2 aromatic carbocycles. The molecule has 3 N–H and O–H groups in total. The second-order valence-corrected chi connectivity index (χ2v) is 7.95. The Bertz CT molecular complexity index is 906. The van der Waals surface area contributed by atoms with Gasteiger partial charge in [-0.15, -0.1) is 11.3 Å². The molecule has 0 bridgehead atoms. The van der Waals surface area contributed by atoms with Gasteiger partial charge >= 0.3 is 0 Å². The SMILES string of the molecule is CCCOCc1ccccc1CNC(=NC)NCC(O)c1cc2ccccc2s1. The van der Waals surface area contributed by atoms with E-state index in [-0.39, 0.29) is 0 Å². The van der Waals surface area contributed by atoms with E-state index in [1.165, 1.54) is 15.8 Å². The van der Waals surface area contributed by atoms with Crippen molar-refractivity contribution >= 4 is 27.4 Å². The summed E-state index contributed by atoms with van der Waals surface area (Å²) in [6.45, 7) is 4.53. The van der Waals surface area contributed by atoms with E-state index in [1.54, 1.807) is 18.4 Å². The summed E-state index contributed by atoms with van der Waals surface area (Å²) in [4.78, 5) is 5.22. The van der Waals surface area contributed by atoms with Crippen LogP contribution in [0.5, 0.6) is 0 Å². The highest BCUT2D eigenvalue weighted by Gasteiger charge is 2.12. The molecule has 1 heterocycles. The summed E-state index contributed by atoms with van der Waals surface area (Å²) in [6.07, 6.45) is 0.430. The van der Waals surface area contributed by atoms with Crippen molar-refractivity contribution in [3.8, 4) is 0 Å². The lowest BCUT2D eigenvalue weighted by atomic mass is 10.1. The van der Waals surface area contributed by atoms with Crippen LogP contribution in [0.4, 0.5) is 0 Å². The zero-order chi connectivity index (χ0) is 20.5. The molecule has 29 heavy (non-hydrogen) atoms. The largest absolute Gasteiger partial charge is 0.386 e. The average Bonchev–Trinajstić information content (AvgIpc) is 3.19. The normalized spacial score (nSPS) is 12.9. The van der Waals surface area contributed by atoms with E-state index in [0.29, 0.717) is 25.7 Å². The summed E-state index contributed by atoms with van der Waals surface area (Å²) in [5, 5.41) is 18.3. The molecule has 0 spiro atoms. The number of aliphatic imine (C=N–C) groups is 1. The van der Waals surface area contributed by atoms with Gasteiger partial charge in [0, 0.05) is 36.3 Å². The molecule has 1 atom stereocenters. The van der Waals surface area contributed by atoms with Crippen LogP contribution in [0.2, 0.25) is 0 Å². The summed E-state index contributed by atoms with van der Waals surface area (Å²) in [5.41, 5.74) is 2.35. The summed E-state index contributed by atoms with van der Waals surface area (Å²) >= 11 is 1.62. The van der Waals surface area contributed by atoms with Gasteiger partial charge in [-0.05, 0) is 35.1 Å². The lowest BCUT2D eigenvalue weighted by Crippen LogP contribution is -2.39. The highest BCUT2D eigenvalue weighted by Crippen LogP contribution is 2.29. The standard InChI is InChI=1S/C23H29N3O2S/c1-3-12-28-16-19-10-5-4-9-18(19)14-25-23(24-2)26-15-20(27)22-13-17-8-6-7-11-21(17)29-22/h4-11,13,20,27H,3,12,14-16H2,1-2H3,(H2,24,25,26). The first-order valence-corrected chi connectivity index (χ1v) is 10.8. The number of nitrogens with zero attached hydrogens (tertiary/aromatic N) is 1. The number of aliphatic hydroxyl groups excluding tert-OH is 1. The monoisotopic (exact) mass is 411 g/mol. The zero-order valence-corrected chi connectivity index (χ0v) is 17.8. The molecular weight excluding hydrogens is 382 g/mol. The molecule has 0 radical (unpaired) electrons. The first-order chi connectivity index (χ1) is 14.2. The molecule has 0 aliphatic heterocycles. The van der Waals surface area contributed by atoms with Gasteiger partial charge in [0.05, 0.1) is 6.61 Å². The van der Waals surface area contributed by atoms with Gasteiger partial charge in [-0.25, -0.2) is 0 Å². The van der Waals surface area contributed by atoms with Gasteiger partial charge in [-0.2, -0.15) is 0 Å². The molecule has 6 heteroatoms. The second-order valence-electron chi connectivity index (χ2n) is 6.83. The van der Waals surface area contributed by atoms with Crippen molar-refractivity contribution in [3.63, 3.8) is 0 Å². The Morgan fingerprint density at radius 1 is 1.10 bits per heavy atom. The maximum atomic E-state index is 10.6. The van der Waals surface area contributed by atoms with Crippen molar-refractivity contribution < 1.29 is 9.84 Å². The Kier molecular flexibility index (Phi) is 8.04. The number of nitrogens with one attached hydrogen (secondary N) is 2. The Balaban J connectivity index is 1.53. The third-order valence-electron chi connectivity index (χ3n) is 4.63. The number of thiophene rings is 1. The van der Waals surface area contributed by atoms with Crippen molar-refractivity contribution in [1.82, 2.24) is 10.6 Å². The van der Waals surface area contributed by atoms with E-state index >= 15 is 0 Å². The lowest BCUT2D eigenvalue weighted by molar-refractivity contribution is 0.121. The van der Waals surface area contributed by atoms with E-state index in [0.717, 1.165) is 23.3 Å². The summed E-state index contributed by atoms with van der Waals surface area (Å²) < 4.78 is 6.88. The first-order valence-electron chi connectivity index (χ1n) is 9.96. The van der Waals surface area contributed by atoms with Crippen molar-refractivity contribution in [2.45, 2.75) is 32.6 Å². The molecular formula is C23H29N3O2S. The molecule has 0 aliphatic carbocycles. The fourth-order valence-electron chi connectivity index (χ4n) is 3.06. The summed E-state index contributed by atoms with van der Waals surface area (Å²) in [6, 6.07) is 18.5. The van der Waals surface area contributed by atoms with Gasteiger partial charge in [0.15, 0.2) is 5.96 Å². The summed E-state index contributed by atoms with van der Waals surface area (Å²) in [7, 11) is 1.73. The van der Waals surface area contributed by atoms with Gasteiger partial charge in [0.1, 0.15) is 6.10 Å². The third-order valence-corrected chi connectivity index (χ3v) is 5.85. The molecule has 0 saturated heterocycles. The first kappa shape index (κ1) is 21.3. The van der Waals surface area contributed by atoms with E-state index in [9.17, 15) is 5.11 Å². The van der Waals surface area contributed by atoms with E-state index in [4.69, 9.17) is 4.74 Å². The number of rotatable bonds is 9. The molecule has 0 fully saturated rings. The van der Waals surface area contributed by atoms with Crippen LogP contribution in [0.15, 0.2) is 59.6 Å². The number of guanidine groups is 1. The van der Waals surface area contributed by atoms with Crippen LogP contribution in [0.25, 0.3) is 10.1 Å². The average molecular weight is 412 g/mol. The van der Waals surface area contributed by atoms with Gasteiger partial charge < -0.3 is 20.5 Å². The lowest BCUT2D eigenvalue weighted by Gasteiger charge is -2.16. The van der Waals surface area contributed by atoms with Crippen LogP contribution >= 0.6 is 11.3 Å². The van der Waals surface area contributed by atoms with Crippen LogP contribution < -0.4 is 10.6 Å². The topological polar surface area (TPSA) is 65.9 Å². The van der Waals surface area contributed by atoms with Crippen LogP contribution in [-0.2, 0) is 17.9 Å². The van der Waals surface area contributed by atoms with Crippen LogP contribution in [0.3, 0.4) is 0 Å². The maximum Gasteiger partial charge on any atom is 0.191 e. The number of hydrogen-bond acceptors (Lipinski definition) is 4. The van der Waals surface area contributed by atoms with Crippen LogP contribution in [0.1, 0.15) is 35.5 Å². The van der Waals surface area contributed by atoms with Gasteiger partial charge in [-0.3, -0.25) is 4.99 Å². The molecule has 1 unspecified atom stereocenters. The molecule has 5 nitrogen and oxygen atoms in total. The summed E-state index contributed by atoms with van der Waals surface area (Å²) in [5.74, 6) is 0.662. The number of aliphatic hydroxyl groups is 1. The Morgan fingerprint density at radius 2 is 1.86 bits per heavy atom. The third kappa shape index (κ3) is 6.03. The fraction of sp³-hybridized carbons (Fsp3) is 0.348. The van der Waals surface area contributed by atoms with Gasteiger partial charge in [0.2, 0.25) is 0 Å². The molecule has 3 rings (SSSR count). The van der Waals surface area contributed by atoms with E-state index in [2.05, 4.69) is 52.9 Å². The fourth-order valence-corrected chi connectivity index (χ4v) is 4.11. The van der Waals surface area contributed by atoms with Crippen molar-refractivity contribution in [3.05, 3.63) is 70.6 Å². The minimum Gasteiger partial charge on any atom is -0.386 e. The smallest absolute Gasteiger partial charge is 0.191 e. The molecule has 0 aliphatic rings.